The molecule has 3 fully saturated rings. The zero-order chi connectivity index (χ0) is 42.0. The first kappa shape index (κ1) is 41.5. The molecular weight excluding hydrogens is 753 g/mol. The second kappa shape index (κ2) is 18.7. The van der Waals surface area contributed by atoms with Crippen LogP contribution in [0.15, 0.2) is 109 Å². The fourth-order valence-corrected chi connectivity index (χ4v) is 12.5. The van der Waals surface area contributed by atoms with Gasteiger partial charge in [-0.25, -0.2) is 0 Å². The summed E-state index contributed by atoms with van der Waals surface area (Å²) in [6.45, 7) is 8.45. The smallest absolute Gasteiger partial charge is 0.127 e. The molecule has 4 aliphatic rings. The van der Waals surface area contributed by atoms with Crippen molar-refractivity contribution in [2.45, 2.75) is 135 Å². The number of ether oxygens (including phenoxy) is 2. The Morgan fingerprint density at radius 3 is 1.24 bits per heavy atom. The maximum atomic E-state index is 7.09. The molecule has 0 atom stereocenters. The number of hydrogen-bond acceptors (Lipinski definition) is 2. The van der Waals surface area contributed by atoms with E-state index >= 15 is 0 Å². The van der Waals surface area contributed by atoms with Crippen LogP contribution in [-0.2, 0) is 0 Å². The summed E-state index contributed by atoms with van der Waals surface area (Å²) >= 11 is 0. The van der Waals surface area contributed by atoms with Gasteiger partial charge in [-0.1, -0.05) is 144 Å². The van der Waals surface area contributed by atoms with Crippen molar-refractivity contribution in [1.29, 1.82) is 0 Å². The van der Waals surface area contributed by atoms with Crippen molar-refractivity contribution in [3.8, 4) is 44.9 Å². The molecule has 62 heavy (non-hydrogen) atoms. The topological polar surface area (TPSA) is 18.5 Å². The van der Waals surface area contributed by atoms with Gasteiger partial charge < -0.3 is 9.47 Å². The molecule has 0 N–H and O–H groups in total. The van der Waals surface area contributed by atoms with Crippen LogP contribution < -0.4 is 9.47 Å². The molecule has 0 radical (unpaired) electrons. The van der Waals surface area contributed by atoms with E-state index in [4.69, 9.17) is 9.47 Å². The fraction of sp³-hybridized carbons (Fsp3) is 0.467. The Balaban J connectivity index is 1.03. The minimum absolute atomic E-state index is 0.353. The highest BCUT2D eigenvalue weighted by Crippen LogP contribution is 2.49. The Bertz CT molecular complexity index is 2270. The van der Waals surface area contributed by atoms with Crippen LogP contribution in [0.2, 0.25) is 0 Å². The highest BCUT2D eigenvalue weighted by molar-refractivity contribution is 6.11. The van der Waals surface area contributed by atoms with E-state index in [-0.39, 0.29) is 0 Å². The zero-order valence-electron chi connectivity index (χ0n) is 38.0. The van der Waals surface area contributed by atoms with E-state index in [0.717, 1.165) is 40.4 Å². The Morgan fingerprint density at radius 2 is 0.823 bits per heavy atom. The maximum Gasteiger partial charge on any atom is 0.127 e. The Hall–Kier alpha value is -4.56. The van der Waals surface area contributed by atoms with Crippen molar-refractivity contribution in [1.82, 2.24) is 0 Å². The Kier molecular flexibility index (Phi) is 12.5. The number of rotatable bonds is 9. The average molecular weight is 823 g/mol. The van der Waals surface area contributed by atoms with Gasteiger partial charge in [0.25, 0.3) is 0 Å². The fourth-order valence-electron chi connectivity index (χ4n) is 12.5. The highest BCUT2D eigenvalue weighted by atomic mass is 16.5. The van der Waals surface area contributed by atoms with Crippen LogP contribution in [0.1, 0.15) is 146 Å². The molecule has 1 heterocycles. The number of hydrogen-bond donors (Lipinski definition) is 0. The number of fused-ring (bicyclic) bond motifs is 7. The second-order valence-corrected chi connectivity index (χ2v) is 20.4. The zero-order valence-corrected chi connectivity index (χ0v) is 38.0. The monoisotopic (exact) mass is 823 g/mol. The predicted octanol–water partition coefficient (Wildman–Crippen LogP) is 17.4. The highest BCUT2D eigenvalue weighted by Gasteiger charge is 2.31. The minimum atomic E-state index is 0.353. The van der Waals surface area contributed by atoms with Gasteiger partial charge in [0.2, 0.25) is 0 Å². The molecule has 6 aromatic rings. The molecule has 1 aliphatic heterocycles. The third-order valence-corrected chi connectivity index (χ3v) is 16.4. The lowest BCUT2D eigenvalue weighted by atomic mass is 9.77. The molecule has 0 saturated heterocycles. The molecule has 0 unspecified atom stereocenters. The lowest BCUT2D eigenvalue weighted by Gasteiger charge is -2.32. The van der Waals surface area contributed by atoms with Gasteiger partial charge in [-0.05, 0) is 179 Å². The SMILES string of the molecule is CCCC1CCC(c2ccc(-c3ccc4ccc5c(c4c3)-c3c(ccc4ccc(-c6ccc(C7CCC(CCC)CC7)cc6)cc34)OCC(C3CCC(C)CC3)CO5)cc2)CC1. The minimum Gasteiger partial charge on any atom is -0.492 e. The van der Waals surface area contributed by atoms with Crippen LogP contribution in [0.25, 0.3) is 54.9 Å². The number of benzene rings is 6. The lowest BCUT2D eigenvalue weighted by molar-refractivity contribution is 0.102. The normalized spacial score (nSPS) is 25.4. The van der Waals surface area contributed by atoms with Gasteiger partial charge in [0.15, 0.2) is 0 Å². The molecule has 0 aromatic heterocycles. The molecule has 3 saturated carbocycles. The predicted molar refractivity (Wildman–Crippen MR) is 263 cm³/mol. The van der Waals surface area contributed by atoms with Gasteiger partial charge in [-0.2, -0.15) is 0 Å². The average Bonchev–Trinajstić information content (AvgIpc) is 3.40. The Morgan fingerprint density at radius 1 is 0.419 bits per heavy atom. The van der Waals surface area contributed by atoms with Crippen LogP contribution in [0.5, 0.6) is 11.5 Å². The van der Waals surface area contributed by atoms with Crippen molar-refractivity contribution in [2.75, 3.05) is 13.2 Å². The second-order valence-electron chi connectivity index (χ2n) is 20.4. The van der Waals surface area contributed by atoms with Crippen LogP contribution in [-0.4, -0.2) is 13.2 Å². The molecule has 0 amide bonds. The van der Waals surface area contributed by atoms with Crippen LogP contribution >= 0.6 is 0 Å². The summed E-state index contributed by atoms with van der Waals surface area (Å²) in [5.41, 5.74) is 10.4. The van der Waals surface area contributed by atoms with Crippen molar-refractivity contribution >= 4 is 21.5 Å². The molecule has 322 valence electrons. The van der Waals surface area contributed by atoms with Crippen LogP contribution in [0.4, 0.5) is 0 Å². The first-order valence-corrected chi connectivity index (χ1v) is 25.1. The molecule has 10 rings (SSSR count). The van der Waals surface area contributed by atoms with Crippen LogP contribution in [0.3, 0.4) is 0 Å². The van der Waals surface area contributed by atoms with E-state index < -0.39 is 0 Å². The van der Waals surface area contributed by atoms with Gasteiger partial charge in [0.05, 0.1) is 13.2 Å². The third kappa shape index (κ3) is 8.70. The first-order valence-electron chi connectivity index (χ1n) is 25.1. The molecule has 3 aliphatic carbocycles. The maximum absolute atomic E-state index is 7.09. The largest absolute Gasteiger partial charge is 0.492 e. The Labute approximate surface area is 372 Å². The van der Waals surface area contributed by atoms with Crippen molar-refractivity contribution < 1.29 is 9.47 Å². The summed E-state index contributed by atoms with van der Waals surface area (Å²) in [7, 11) is 0. The van der Waals surface area contributed by atoms with E-state index in [1.807, 2.05) is 0 Å². The van der Waals surface area contributed by atoms with Crippen LogP contribution in [0, 0.1) is 29.6 Å². The van der Waals surface area contributed by atoms with Crippen molar-refractivity contribution in [3.05, 3.63) is 120 Å². The summed E-state index contributed by atoms with van der Waals surface area (Å²) in [6.07, 6.45) is 21.4. The summed E-state index contributed by atoms with van der Waals surface area (Å²) in [5.74, 6) is 6.98. The van der Waals surface area contributed by atoms with E-state index in [1.165, 1.54) is 158 Å². The summed E-state index contributed by atoms with van der Waals surface area (Å²) in [6, 6.07) is 42.4. The van der Waals surface area contributed by atoms with E-state index in [2.05, 4.69) is 130 Å². The molecule has 2 nitrogen and oxygen atoms in total. The summed E-state index contributed by atoms with van der Waals surface area (Å²) in [5, 5.41) is 4.91. The van der Waals surface area contributed by atoms with Gasteiger partial charge in [-0.15, -0.1) is 0 Å². The van der Waals surface area contributed by atoms with Gasteiger partial charge in [0, 0.05) is 17.0 Å². The first-order chi connectivity index (χ1) is 30.5. The molecular formula is C60H70O2. The molecule has 0 bridgehead atoms. The van der Waals surface area contributed by atoms with Crippen molar-refractivity contribution in [3.63, 3.8) is 0 Å². The van der Waals surface area contributed by atoms with E-state index in [9.17, 15) is 0 Å². The molecule has 6 aromatic carbocycles. The molecule has 0 spiro atoms. The van der Waals surface area contributed by atoms with Gasteiger partial charge >= 0.3 is 0 Å². The van der Waals surface area contributed by atoms with E-state index in [0.29, 0.717) is 36.9 Å². The third-order valence-electron chi connectivity index (χ3n) is 16.4. The van der Waals surface area contributed by atoms with Crippen molar-refractivity contribution in [2.24, 2.45) is 29.6 Å². The standard InChI is InChI=1S/C60H70O2/c1-4-6-41-10-16-43(17-11-41)45-20-24-47(25-21-45)52-30-28-50-32-34-57-59(55(50)36-52)60-56-37-53(48-26-22-46(23-27-48)44-18-12-42(7-5-2)13-19-44)31-29-51(56)33-35-58(60)62-39-54(38-61-57)49-14-8-40(3)9-15-49/h20-37,40-44,49,54H,4-19,38-39H2,1-3H3. The quantitative estimate of drug-likeness (QED) is 0.145. The molecule has 2 heteroatoms. The van der Waals surface area contributed by atoms with Gasteiger partial charge in [-0.3, -0.25) is 0 Å². The van der Waals surface area contributed by atoms with E-state index in [1.54, 1.807) is 0 Å². The summed E-state index contributed by atoms with van der Waals surface area (Å²) < 4.78 is 14.2. The summed E-state index contributed by atoms with van der Waals surface area (Å²) in [4.78, 5) is 0. The van der Waals surface area contributed by atoms with Gasteiger partial charge in [0.1, 0.15) is 11.5 Å². The lowest BCUT2D eigenvalue weighted by Crippen LogP contribution is -2.30.